The molecule has 0 heterocycles. The fourth-order valence-electron chi connectivity index (χ4n) is 2.07. The van der Waals surface area contributed by atoms with E-state index in [-0.39, 0.29) is 24.6 Å². The highest BCUT2D eigenvalue weighted by atomic mass is 32.2. The topological polar surface area (TPSA) is 66.8 Å². The van der Waals surface area contributed by atoms with Crippen LogP contribution in [0.1, 0.15) is 19.4 Å². The molecule has 0 saturated heterocycles. The molecule has 120 valence electrons. The number of methoxy groups -OCH3 is 1. The van der Waals surface area contributed by atoms with E-state index in [9.17, 15) is 8.42 Å². The maximum absolute atomic E-state index is 12.5. The van der Waals surface area contributed by atoms with Crippen LogP contribution in [0, 0.1) is 5.92 Å². The monoisotopic (exact) mass is 315 g/mol. The summed E-state index contributed by atoms with van der Waals surface area (Å²) in [5.41, 5.74) is 1.12. The highest BCUT2D eigenvalue weighted by Gasteiger charge is 2.23. The van der Waals surface area contributed by atoms with Gasteiger partial charge in [-0.2, -0.15) is 4.31 Å². The van der Waals surface area contributed by atoms with E-state index in [4.69, 9.17) is 9.84 Å². The fraction of sp³-hybridized carbons (Fsp3) is 0.600. The second-order valence-electron chi connectivity index (χ2n) is 5.36. The molecule has 6 heteroatoms. The zero-order chi connectivity index (χ0) is 15.9. The molecule has 0 amide bonds. The summed E-state index contributed by atoms with van der Waals surface area (Å²) in [6.45, 7) is 4.63. The number of benzene rings is 1. The lowest BCUT2D eigenvalue weighted by Gasteiger charge is -2.21. The van der Waals surface area contributed by atoms with Gasteiger partial charge in [-0.15, -0.1) is 0 Å². The van der Waals surface area contributed by atoms with Crippen LogP contribution in [-0.2, 0) is 21.2 Å². The number of nitrogens with zero attached hydrogens (tertiary/aromatic N) is 1. The molecule has 0 aliphatic heterocycles. The van der Waals surface area contributed by atoms with Crippen LogP contribution >= 0.6 is 0 Å². The van der Waals surface area contributed by atoms with Gasteiger partial charge in [0.05, 0.1) is 18.1 Å². The molecule has 0 radical (unpaired) electrons. The molecule has 0 aliphatic rings. The lowest BCUT2D eigenvalue weighted by molar-refractivity contribution is 0.168. The molecule has 0 aliphatic carbocycles. The van der Waals surface area contributed by atoms with Crippen molar-refractivity contribution in [2.45, 2.75) is 25.2 Å². The van der Waals surface area contributed by atoms with Crippen LogP contribution in [0.3, 0.4) is 0 Å². The van der Waals surface area contributed by atoms with Crippen molar-refractivity contribution in [3.63, 3.8) is 0 Å². The van der Waals surface area contributed by atoms with Crippen LogP contribution in [0.15, 0.2) is 29.2 Å². The maximum atomic E-state index is 12.5. The molecular formula is C15H25NO4S. The van der Waals surface area contributed by atoms with Gasteiger partial charge in [-0.1, -0.05) is 26.0 Å². The zero-order valence-electron chi connectivity index (χ0n) is 12.9. The van der Waals surface area contributed by atoms with Crippen molar-refractivity contribution in [3.8, 4) is 0 Å². The summed E-state index contributed by atoms with van der Waals surface area (Å²) in [6, 6.07) is 6.95. The van der Waals surface area contributed by atoms with Crippen molar-refractivity contribution in [2.24, 2.45) is 5.92 Å². The quantitative estimate of drug-likeness (QED) is 0.750. The smallest absolute Gasteiger partial charge is 0.243 e. The third-order valence-electron chi connectivity index (χ3n) is 3.10. The molecule has 0 aromatic heterocycles. The van der Waals surface area contributed by atoms with Crippen LogP contribution in [0.5, 0.6) is 0 Å². The Morgan fingerprint density at radius 1 is 1.19 bits per heavy atom. The first kappa shape index (κ1) is 18.1. The summed E-state index contributed by atoms with van der Waals surface area (Å²) in [5, 5.41) is 9.04. The van der Waals surface area contributed by atoms with Gasteiger partial charge < -0.3 is 9.84 Å². The van der Waals surface area contributed by atoms with Gasteiger partial charge in [-0.3, -0.25) is 0 Å². The van der Waals surface area contributed by atoms with Gasteiger partial charge in [0.25, 0.3) is 0 Å². The molecule has 1 N–H and O–H groups in total. The number of hydrogen-bond acceptors (Lipinski definition) is 4. The predicted molar refractivity (Wildman–Crippen MR) is 82.7 cm³/mol. The van der Waals surface area contributed by atoms with Crippen LogP contribution in [0.4, 0.5) is 0 Å². The summed E-state index contributed by atoms with van der Waals surface area (Å²) in [7, 11) is -2.07. The van der Waals surface area contributed by atoms with Crippen LogP contribution < -0.4 is 0 Å². The SMILES string of the molecule is COCCN(CCO)S(=O)(=O)c1ccc(CC(C)C)cc1. The first-order valence-corrected chi connectivity index (χ1v) is 8.54. The fourth-order valence-corrected chi connectivity index (χ4v) is 3.49. The summed E-state index contributed by atoms with van der Waals surface area (Å²) < 4.78 is 31.2. The minimum Gasteiger partial charge on any atom is -0.395 e. The van der Waals surface area contributed by atoms with Crippen molar-refractivity contribution in [1.29, 1.82) is 0 Å². The largest absolute Gasteiger partial charge is 0.395 e. The van der Waals surface area contributed by atoms with Crippen molar-refractivity contribution in [3.05, 3.63) is 29.8 Å². The molecule has 21 heavy (non-hydrogen) atoms. The van der Waals surface area contributed by atoms with Gasteiger partial charge in [0, 0.05) is 20.2 Å². The second-order valence-corrected chi connectivity index (χ2v) is 7.30. The third kappa shape index (κ3) is 5.39. The molecule has 0 unspecified atom stereocenters. The zero-order valence-corrected chi connectivity index (χ0v) is 13.8. The highest BCUT2D eigenvalue weighted by Crippen LogP contribution is 2.17. The Morgan fingerprint density at radius 2 is 1.81 bits per heavy atom. The van der Waals surface area contributed by atoms with E-state index in [1.54, 1.807) is 12.1 Å². The van der Waals surface area contributed by atoms with Gasteiger partial charge in [0.15, 0.2) is 0 Å². The van der Waals surface area contributed by atoms with Crippen molar-refractivity contribution < 1.29 is 18.3 Å². The van der Waals surface area contributed by atoms with Gasteiger partial charge >= 0.3 is 0 Å². The van der Waals surface area contributed by atoms with Gasteiger partial charge in [-0.25, -0.2) is 8.42 Å². The Labute approximate surface area is 127 Å². The molecular weight excluding hydrogens is 290 g/mol. The molecule has 1 rings (SSSR count). The predicted octanol–water partition coefficient (Wildman–Crippen LogP) is 1.51. The highest BCUT2D eigenvalue weighted by molar-refractivity contribution is 7.89. The van der Waals surface area contributed by atoms with Crippen LogP contribution in [0.25, 0.3) is 0 Å². The van der Waals surface area contributed by atoms with Crippen molar-refractivity contribution in [1.82, 2.24) is 4.31 Å². The number of rotatable bonds is 9. The summed E-state index contributed by atoms with van der Waals surface area (Å²) in [6.07, 6.45) is 0.921. The molecule has 0 spiro atoms. The average molecular weight is 315 g/mol. The van der Waals surface area contributed by atoms with E-state index in [2.05, 4.69) is 13.8 Å². The Balaban J connectivity index is 2.93. The minimum absolute atomic E-state index is 0.0689. The molecule has 5 nitrogen and oxygen atoms in total. The summed E-state index contributed by atoms with van der Waals surface area (Å²) >= 11 is 0. The lowest BCUT2D eigenvalue weighted by Crippen LogP contribution is -2.36. The Kier molecular flexibility index (Phi) is 7.31. The van der Waals surface area contributed by atoms with Crippen molar-refractivity contribution in [2.75, 3.05) is 33.4 Å². The van der Waals surface area contributed by atoms with Gasteiger partial charge in [-0.05, 0) is 30.0 Å². The molecule has 0 saturated carbocycles. The van der Waals surface area contributed by atoms with Gasteiger partial charge in [0.1, 0.15) is 0 Å². The normalized spacial score (nSPS) is 12.3. The molecule has 1 aromatic carbocycles. The summed E-state index contributed by atoms with van der Waals surface area (Å²) in [5.74, 6) is 0.528. The average Bonchev–Trinajstić information content (AvgIpc) is 2.43. The minimum atomic E-state index is -3.59. The Bertz CT molecular complexity index is 511. The number of aliphatic hydroxyl groups excluding tert-OH is 1. The van der Waals surface area contributed by atoms with E-state index in [0.717, 1.165) is 12.0 Å². The van der Waals surface area contributed by atoms with Gasteiger partial charge in [0.2, 0.25) is 10.0 Å². The van der Waals surface area contributed by atoms with Crippen LogP contribution in [-0.4, -0.2) is 51.2 Å². The van der Waals surface area contributed by atoms with Crippen molar-refractivity contribution >= 4 is 10.0 Å². The molecule has 0 fully saturated rings. The van der Waals surface area contributed by atoms with E-state index in [1.807, 2.05) is 12.1 Å². The van der Waals surface area contributed by atoms with E-state index >= 15 is 0 Å². The number of hydrogen-bond donors (Lipinski definition) is 1. The first-order valence-electron chi connectivity index (χ1n) is 7.10. The van der Waals surface area contributed by atoms with E-state index in [0.29, 0.717) is 12.5 Å². The maximum Gasteiger partial charge on any atom is 0.243 e. The van der Waals surface area contributed by atoms with E-state index in [1.165, 1.54) is 11.4 Å². The lowest BCUT2D eigenvalue weighted by atomic mass is 10.0. The number of aliphatic hydroxyl groups is 1. The van der Waals surface area contributed by atoms with Crippen LogP contribution in [0.2, 0.25) is 0 Å². The molecule has 0 bridgehead atoms. The molecule has 0 atom stereocenters. The first-order chi connectivity index (χ1) is 9.91. The Morgan fingerprint density at radius 3 is 2.29 bits per heavy atom. The standard InChI is InChI=1S/C15H25NO4S/c1-13(2)12-14-4-6-15(7-5-14)21(18,19)16(8-10-17)9-11-20-3/h4-7,13,17H,8-12H2,1-3H3. The number of sulfonamides is 1. The van der Waals surface area contributed by atoms with E-state index < -0.39 is 10.0 Å². The summed E-state index contributed by atoms with van der Waals surface area (Å²) in [4.78, 5) is 0.250. The number of ether oxygens (including phenoxy) is 1. The Hall–Kier alpha value is -0.950. The second kappa shape index (κ2) is 8.48. The molecule has 1 aromatic rings. The third-order valence-corrected chi connectivity index (χ3v) is 5.01.